The number of alkyl halides is 1. The lowest BCUT2D eigenvalue weighted by atomic mass is 10.0. The molecule has 0 aliphatic heterocycles. The Bertz CT molecular complexity index is 467. The van der Waals surface area contributed by atoms with Gasteiger partial charge in [-0.25, -0.2) is 4.39 Å². The van der Waals surface area contributed by atoms with Crippen molar-refractivity contribution in [1.29, 1.82) is 0 Å². The maximum atomic E-state index is 14.0. The molecule has 2 nitrogen and oxygen atoms in total. The number of aromatic nitrogens is 1. The monoisotopic (exact) mass is 215 g/mol. The highest BCUT2D eigenvalue weighted by Gasteiger charge is 2.11. The van der Waals surface area contributed by atoms with Crippen LogP contribution >= 0.6 is 0 Å². The topological polar surface area (TPSA) is 30.0 Å². The van der Waals surface area contributed by atoms with Crippen LogP contribution in [0.1, 0.15) is 27.7 Å². The van der Waals surface area contributed by atoms with Crippen molar-refractivity contribution in [3.63, 3.8) is 0 Å². The summed E-state index contributed by atoms with van der Waals surface area (Å²) in [5, 5.41) is 0. The molecule has 3 heteroatoms. The third kappa shape index (κ3) is 2.14. The van der Waals surface area contributed by atoms with Crippen molar-refractivity contribution < 1.29 is 9.18 Å². The zero-order chi connectivity index (χ0) is 11.4. The zero-order valence-electron chi connectivity index (χ0n) is 8.51. The molecule has 0 aliphatic carbocycles. The Morgan fingerprint density at radius 2 is 1.88 bits per heavy atom. The average Bonchev–Trinajstić information content (AvgIpc) is 2.39. The number of benzene rings is 1. The van der Waals surface area contributed by atoms with Crippen molar-refractivity contribution in [2.75, 3.05) is 0 Å². The van der Waals surface area contributed by atoms with Gasteiger partial charge in [-0.1, -0.05) is 30.3 Å². The van der Waals surface area contributed by atoms with Gasteiger partial charge in [0.25, 0.3) is 0 Å². The van der Waals surface area contributed by atoms with Crippen molar-refractivity contribution in [1.82, 2.24) is 4.98 Å². The van der Waals surface area contributed by atoms with Crippen LogP contribution in [-0.4, -0.2) is 11.3 Å². The van der Waals surface area contributed by atoms with Crippen LogP contribution in [0.25, 0.3) is 0 Å². The average molecular weight is 215 g/mol. The van der Waals surface area contributed by atoms with E-state index in [2.05, 4.69) is 4.98 Å². The standard InChI is InChI=1S/C13H10FNO/c14-13(12-2-1-7-15-8-12)11-5-3-10(9-16)4-6-11/h1-9,13H. The predicted molar refractivity (Wildman–Crippen MR) is 59.0 cm³/mol. The summed E-state index contributed by atoms with van der Waals surface area (Å²) in [5.41, 5.74) is 1.59. The van der Waals surface area contributed by atoms with E-state index in [9.17, 15) is 9.18 Å². The van der Waals surface area contributed by atoms with Crippen molar-refractivity contribution >= 4 is 6.29 Å². The molecule has 0 bridgehead atoms. The van der Waals surface area contributed by atoms with Crippen molar-refractivity contribution in [2.24, 2.45) is 0 Å². The smallest absolute Gasteiger partial charge is 0.152 e. The molecular weight excluding hydrogens is 205 g/mol. The van der Waals surface area contributed by atoms with Crippen LogP contribution in [0.5, 0.6) is 0 Å². The molecule has 0 aliphatic rings. The van der Waals surface area contributed by atoms with Crippen molar-refractivity contribution in [3.05, 3.63) is 65.5 Å². The number of pyridine rings is 1. The minimum Gasteiger partial charge on any atom is -0.298 e. The number of nitrogens with zero attached hydrogens (tertiary/aromatic N) is 1. The van der Waals surface area contributed by atoms with E-state index in [1.165, 1.54) is 6.20 Å². The summed E-state index contributed by atoms with van der Waals surface area (Å²) in [7, 11) is 0. The Labute approximate surface area is 92.8 Å². The molecule has 0 saturated heterocycles. The molecule has 1 aromatic carbocycles. The van der Waals surface area contributed by atoms with Gasteiger partial charge in [-0.15, -0.1) is 0 Å². The van der Waals surface area contributed by atoms with Gasteiger partial charge in [0.15, 0.2) is 6.17 Å². The Morgan fingerprint density at radius 1 is 1.12 bits per heavy atom. The summed E-state index contributed by atoms with van der Waals surface area (Å²) in [5.74, 6) is 0. The number of aldehydes is 1. The number of hydrogen-bond acceptors (Lipinski definition) is 2. The van der Waals surface area contributed by atoms with Gasteiger partial charge in [-0.3, -0.25) is 9.78 Å². The molecule has 2 aromatic rings. The summed E-state index contributed by atoms with van der Waals surface area (Å²) in [6.45, 7) is 0. The second-order valence-electron chi connectivity index (χ2n) is 3.43. The quantitative estimate of drug-likeness (QED) is 0.737. The van der Waals surface area contributed by atoms with Gasteiger partial charge in [0.2, 0.25) is 0 Å². The third-order valence-electron chi connectivity index (χ3n) is 2.34. The van der Waals surface area contributed by atoms with Gasteiger partial charge in [0, 0.05) is 23.5 Å². The molecule has 2 rings (SSSR count). The number of rotatable bonds is 3. The van der Waals surface area contributed by atoms with Gasteiger partial charge in [0.05, 0.1) is 0 Å². The first kappa shape index (κ1) is 10.5. The number of carbonyl (C=O) groups excluding carboxylic acids is 1. The lowest BCUT2D eigenvalue weighted by Crippen LogP contribution is -1.95. The first-order valence-corrected chi connectivity index (χ1v) is 4.90. The molecule has 1 unspecified atom stereocenters. The molecular formula is C13H10FNO. The molecule has 80 valence electrons. The lowest BCUT2D eigenvalue weighted by Gasteiger charge is -2.08. The maximum Gasteiger partial charge on any atom is 0.152 e. The number of halogens is 1. The Morgan fingerprint density at radius 3 is 2.44 bits per heavy atom. The summed E-state index contributed by atoms with van der Waals surface area (Å²) in [6, 6.07) is 9.81. The molecule has 0 radical (unpaired) electrons. The fraction of sp³-hybridized carbons (Fsp3) is 0.0769. The van der Waals surface area contributed by atoms with E-state index in [1.807, 2.05) is 0 Å². The van der Waals surface area contributed by atoms with Gasteiger partial charge >= 0.3 is 0 Å². The van der Waals surface area contributed by atoms with E-state index in [4.69, 9.17) is 0 Å². The molecule has 16 heavy (non-hydrogen) atoms. The molecule has 0 fully saturated rings. The van der Waals surface area contributed by atoms with Crippen LogP contribution in [0, 0.1) is 0 Å². The highest BCUT2D eigenvalue weighted by Crippen LogP contribution is 2.25. The van der Waals surface area contributed by atoms with Crippen molar-refractivity contribution in [3.8, 4) is 0 Å². The molecule has 1 atom stereocenters. The van der Waals surface area contributed by atoms with E-state index in [0.29, 0.717) is 16.7 Å². The SMILES string of the molecule is O=Cc1ccc(C(F)c2cccnc2)cc1. The fourth-order valence-corrected chi connectivity index (χ4v) is 1.46. The second-order valence-corrected chi connectivity index (χ2v) is 3.43. The van der Waals surface area contributed by atoms with Crippen LogP contribution in [0.3, 0.4) is 0 Å². The summed E-state index contributed by atoms with van der Waals surface area (Å²) >= 11 is 0. The zero-order valence-corrected chi connectivity index (χ0v) is 8.51. The number of hydrogen-bond donors (Lipinski definition) is 0. The Balaban J connectivity index is 2.27. The minimum absolute atomic E-state index is 0.515. The largest absolute Gasteiger partial charge is 0.298 e. The van der Waals surface area contributed by atoms with Gasteiger partial charge < -0.3 is 0 Å². The molecule has 0 saturated carbocycles. The molecule has 0 amide bonds. The molecule has 1 heterocycles. The second kappa shape index (κ2) is 4.66. The van der Waals surface area contributed by atoms with Crippen LogP contribution in [-0.2, 0) is 0 Å². The Kier molecular flexibility index (Phi) is 3.05. The first-order valence-electron chi connectivity index (χ1n) is 4.90. The van der Waals surface area contributed by atoms with Crippen LogP contribution in [0.15, 0.2) is 48.8 Å². The molecule has 0 spiro atoms. The van der Waals surface area contributed by atoms with Gasteiger partial charge in [-0.05, 0) is 11.6 Å². The third-order valence-corrected chi connectivity index (χ3v) is 2.34. The normalized spacial score (nSPS) is 12.1. The Hall–Kier alpha value is -2.03. The van der Waals surface area contributed by atoms with Crippen LogP contribution in [0.2, 0.25) is 0 Å². The lowest BCUT2D eigenvalue weighted by molar-refractivity contribution is 0.112. The highest BCUT2D eigenvalue weighted by atomic mass is 19.1. The predicted octanol–water partition coefficient (Wildman–Crippen LogP) is 2.95. The summed E-state index contributed by atoms with van der Waals surface area (Å²) in [6.07, 6.45) is 2.64. The molecule has 1 aromatic heterocycles. The minimum atomic E-state index is -1.20. The summed E-state index contributed by atoms with van der Waals surface area (Å²) < 4.78 is 14.0. The van der Waals surface area contributed by atoms with Gasteiger partial charge in [-0.2, -0.15) is 0 Å². The maximum absolute atomic E-state index is 14.0. The van der Waals surface area contributed by atoms with Crippen molar-refractivity contribution in [2.45, 2.75) is 6.17 Å². The van der Waals surface area contributed by atoms with E-state index >= 15 is 0 Å². The van der Waals surface area contributed by atoms with E-state index in [1.54, 1.807) is 42.6 Å². The van der Waals surface area contributed by atoms with Gasteiger partial charge in [0.1, 0.15) is 6.29 Å². The molecule has 0 N–H and O–H groups in total. The highest BCUT2D eigenvalue weighted by molar-refractivity contribution is 5.74. The van der Waals surface area contributed by atoms with Crippen LogP contribution in [0.4, 0.5) is 4.39 Å². The van der Waals surface area contributed by atoms with E-state index < -0.39 is 6.17 Å². The first-order chi connectivity index (χ1) is 7.81. The van der Waals surface area contributed by atoms with Crippen LogP contribution < -0.4 is 0 Å². The fourth-order valence-electron chi connectivity index (χ4n) is 1.46. The van der Waals surface area contributed by atoms with E-state index in [-0.39, 0.29) is 0 Å². The van der Waals surface area contributed by atoms with E-state index in [0.717, 1.165) is 6.29 Å². The number of carbonyl (C=O) groups is 1. The summed E-state index contributed by atoms with van der Waals surface area (Å²) in [4.78, 5) is 14.3.